The largest absolute Gasteiger partial charge is 0.494 e. The van der Waals surface area contributed by atoms with Crippen LogP contribution in [-0.2, 0) is 0 Å². The van der Waals surface area contributed by atoms with Gasteiger partial charge >= 0.3 is 0 Å². The average Bonchev–Trinajstić information content (AvgIpc) is 2.44. The molecule has 0 aliphatic heterocycles. The molecule has 20 heavy (non-hydrogen) atoms. The molecule has 2 rings (SSSR count). The number of carbonyl (C=O) groups is 1. The van der Waals surface area contributed by atoms with E-state index in [1.807, 2.05) is 31.2 Å². The van der Waals surface area contributed by atoms with Crippen LogP contribution < -0.4 is 10.1 Å². The van der Waals surface area contributed by atoms with Gasteiger partial charge in [0.1, 0.15) is 5.75 Å². The van der Waals surface area contributed by atoms with Crippen LogP contribution in [-0.4, -0.2) is 18.6 Å². The predicted octanol–water partition coefficient (Wildman–Crippen LogP) is 3.64. The summed E-state index contributed by atoms with van der Waals surface area (Å²) in [6.45, 7) is 7.06. The van der Waals surface area contributed by atoms with Gasteiger partial charge in [0.2, 0.25) is 0 Å². The zero-order chi connectivity index (χ0) is 14.5. The standard InChI is InChI=1S/C17H25NO2/c1-4-20-15-10-8-14(9-11-15)17(19)18-16-12(2)6-5-7-13(16)3/h8-13,16H,4-7H2,1-3H3,(H,18,19). The molecule has 0 spiro atoms. The van der Waals surface area contributed by atoms with Crippen LogP contribution in [0.3, 0.4) is 0 Å². The Hall–Kier alpha value is -1.51. The lowest BCUT2D eigenvalue weighted by atomic mass is 9.78. The molecule has 1 aromatic carbocycles. The lowest BCUT2D eigenvalue weighted by molar-refractivity contribution is 0.0880. The first-order valence-electron chi connectivity index (χ1n) is 7.65. The molecule has 1 aliphatic rings. The van der Waals surface area contributed by atoms with E-state index in [2.05, 4.69) is 19.2 Å². The second-order valence-electron chi connectivity index (χ2n) is 5.84. The van der Waals surface area contributed by atoms with E-state index in [0.29, 0.717) is 30.0 Å². The van der Waals surface area contributed by atoms with E-state index in [0.717, 1.165) is 5.75 Å². The number of hydrogen-bond donors (Lipinski definition) is 1. The van der Waals surface area contributed by atoms with Gasteiger partial charge in [0.25, 0.3) is 5.91 Å². The maximum absolute atomic E-state index is 12.3. The summed E-state index contributed by atoms with van der Waals surface area (Å²) in [5, 5.41) is 3.21. The molecule has 1 amide bonds. The molecule has 2 atom stereocenters. The van der Waals surface area contributed by atoms with Gasteiger partial charge in [-0.25, -0.2) is 0 Å². The summed E-state index contributed by atoms with van der Waals surface area (Å²) in [7, 11) is 0. The third-order valence-corrected chi connectivity index (χ3v) is 4.27. The molecule has 0 radical (unpaired) electrons. The second kappa shape index (κ2) is 6.78. The van der Waals surface area contributed by atoms with Crippen molar-refractivity contribution in [1.82, 2.24) is 5.32 Å². The first kappa shape index (κ1) is 14.9. The van der Waals surface area contributed by atoms with E-state index in [-0.39, 0.29) is 5.91 Å². The first-order valence-corrected chi connectivity index (χ1v) is 7.65. The van der Waals surface area contributed by atoms with Crippen molar-refractivity contribution >= 4 is 5.91 Å². The molecule has 1 N–H and O–H groups in total. The van der Waals surface area contributed by atoms with Crippen LogP contribution in [0.2, 0.25) is 0 Å². The zero-order valence-corrected chi connectivity index (χ0v) is 12.7. The summed E-state index contributed by atoms with van der Waals surface area (Å²) in [5.74, 6) is 1.96. The Morgan fingerprint density at radius 3 is 2.35 bits per heavy atom. The number of amides is 1. The predicted molar refractivity (Wildman–Crippen MR) is 81.0 cm³/mol. The molecule has 0 aromatic heterocycles. The molecule has 2 unspecified atom stereocenters. The summed E-state index contributed by atoms with van der Waals surface area (Å²) in [6.07, 6.45) is 3.69. The van der Waals surface area contributed by atoms with E-state index >= 15 is 0 Å². The number of hydrogen-bond acceptors (Lipinski definition) is 2. The highest BCUT2D eigenvalue weighted by atomic mass is 16.5. The monoisotopic (exact) mass is 275 g/mol. The van der Waals surface area contributed by atoms with E-state index in [1.54, 1.807) is 0 Å². The normalized spacial score (nSPS) is 26.1. The first-order chi connectivity index (χ1) is 9.61. The van der Waals surface area contributed by atoms with E-state index in [4.69, 9.17) is 4.74 Å². The molecule has 1 aromatic rings. The summed E-state index contributed by atoms with van der Waals surface area (Å²) in [5.41, 5.74) is 0.707. The van der Waals surface area contributed by atoms with Gasteiger partial charge in [-0.3, -0.25) is 4.79 Å². The zero-order valence-electron chi connectivity index (χ0n) is 12.7. The van der Waals surface area contributed by atoms with Crippen molar-refractivity contribution in [2.45, 2.75) is 46.1 Å². The van der Waals surface area contributed by atoms with E-state index in [1.165, 1.54) is 19.3 Å². The molecule has 3 nitrogen and oxygen atoms in total. The number of carbonyl (C=O) groups excluding carboxylic acids is 1. The molecule has 110 valence electrons. The molecular formula is C17H25NO2. The topological polar surface area (TPSA) is 38.3 Å². The summed E-state index contributed by atoms with van der Waals surface area (Å²) >= 11 is 0. The minimum Gasteiger partial charge on any atom is -0.494 e. The maximum Gasteiger partial charge on any atom is 0.251 e. The van der Waals surface area contributed by atoms with Gasteiger partial charge in [0.15, 0.2) is 0 Å². The van der Waals surface area contributed by atoms with Crippen molar-refractivity contribution in [3.8, 4) is 5.75 Å². The molecule has 1 aliphatic carbocycles. The van der Waals surface area contributed by atoms with Gasteiger partial charge in [-0.15, -0.1) is 0 Å². The lowest BCUT2D eigenvalue weighted by Crippen LogP contribution is -2.45. The number of ether oxygens (including phenoxy) is 1. The number of nitrogens with one attached hydrogen (secondary N) is 1. The SMILES string of the molecule is CCOc1ccc(C(=O)NC2C(C)CCCC2C)cc1. The van der Waals surface area contributed by atoms with Crippen LogP contribution in [0.1, 0.15) is 50.4 Å². The Labute approximate surface area is 121 Å². The van der Waals surface area contributed by atoms with Gasteiger partial charge in [-0.05, 0) is 55.9 Å². The molecule has 1 fully saturated rings. The second-order valence-corrected chi connectivity index (χ2v) is 5.84. The molecule has 0 saturated heterocycles. The van der Waals surface area contributed by atoms with Crippen LogP contribution >= 0.6 is 0 Å². The molecular weight excluding hydrogens is 250 g/mol. The van der Waals surface area contributed by atoms with E-state index < -0.39 is 0 Å². The third-order valence-electron chi connectivity index (χ3n) is 4.27. The van der Waals surface area contributed by atoms with Gasteiger partial charge < -0.3 is 10.1 Å². The molecule has 1 saturated carbocycles. The van der Waals surface area contributed by atoms with Crippen LogP contribution in [0.5, 0.6) is 5.75 Å². The minimum absolute atomic E-state index is 0.0265. The van der Waals surface area contributed by atoms with Crippen molar-refractivity contribution in [3.05, 3.63) is 29.8 Å². The summed E-state index contributed by atoms with van der Waals surface area (Å²) in [4.78, 5) is 12.3. The van der Waals surface area contributed by atoms with Gasteiger partial charge in [0.05, 0.1) is 6.61 Å². The Kier molecular flexibility index (Phi) is 5.05. The highest BCUT2D eigenvalue weighted by molar-refractivity contribution is 5.94. The highest BCUT2D eigenvalue weighted by Crippen LogP contribution is 2.29. The van der Waals surface area contributed by atoms with Crippen LogP contribution in [0, 0.1) is 11.8 Å². The number of benzene rings is 1. The quantitative estimate of drug-likeness (QED) is 0.911. The maximum atomic E-state index is 12.3. The molecule has 0 bridgehead atoms. The fraction of sp³-hybridized carbons (Fsp3) is 0.588. The lowest BCUT2D eigenvalue weighted by Gasteiger charge is -2.35. The van der Waals surface area contributed by atoms with Crippen molar-refractivity contribution in [2.75, 3.05) is 6.61 Å². The van der Waals surface area contributed by atoms with Crippen molar-refractivity contribution in [2.24, 2.45) is 11.8 Å². The number of rotatable bonds is 4. The van der Waals surface area contributed by atoms with Crippen LogP contribution in [0.25, 0.3) is 0 Å². The van der Waals surface area contributed by atoms with Crippen LogP contribution in [0.4, 0.5) is 0 Å². The molecule has 0 heterocycles. The third kappa shape index (κ3) is 3.53. The van der Waals surface area contributed by atoms with Crippen LogP contribution in [0.15, 0.2) is 24.3 Å². The summed E-state index contributed by atoms with van der Waals surface area (Å²) in [6, 6.07) is 7.66. The average molecular weight is 275 g/mol. The Morgan fingerprint density at radius 1 is 1.20 bits per heavy atom. The van der Waals surface area contributed by atoms with E-state index in [9.17, 15) is 4.79 Å². The van der Waals surface area contributed by atoms with Crippen molar-refractivity contribution in [1.29, 1.82) is 0 Å². The van der Waals surface area contributed by atoms with Gasteiger partial charge in [-0.2, -0.15) is 0 Å². The van der Waals surface area contributed by atoms with Gasteiger partial charge in [0, 0.05) is 11.6 Å². The van der Waals surface area contributed by atoms with Crippen molar-refractivity contribution < 1.29 is 9.53 Å². The van der Waals surface area contributed by atoms with Crippen molar-refractivity contribution in [3.63, 3.8) is 0 Å². The fourth-order valence-corrected chi connectivity index (χ4v) is 3.07. The Balaban J connectivity index is 2.00. The Bertz CT molecular complexity index is 431. The minimum atomic E-state index is 0.0265. The highest BCUT2D eigenvalue weighted by Gasteiger charge is 2.29. The Morgan fingerprint density at radius 2 is 1.80 bits per heavy atom. The smallest absolute Gasteiger partial charge is 0.251 e. The molecule has 3 heteroatoms. The summed E-state index contributed by atoms with van der Waals surface area (Å²) < 4.78 is 5.39. The van der Waals surface area contributed by atoms with Gasteiger partial charge in [-0.1, -0.05) is 20.3 Å². The fourth-order valence-electron chi connectivity index (χ4n) is 3.07.